The average molecular weight is 362 g/mol. The van der Waals surface area contributed by atoms with E-state index in [9.17, 15) is 4.79 Å². The van der Waals surface area contributed by atoms with Crippen LogP contribution in [0.4, 0.5) is 0 Å². The second-order valence-electron chi connectivity index (χ2n) is 7.45. The van der Waals surface area contributed by atoms with Crippen molar-refractivity contribution in [3.8, 4) is 0 Å². The predicted molar refractivity (Wildman–Crippen MR) is 109 cm³/mol. The Morgan fingerprint density at radius 2 is 1.85 bits per heavy atom. The van der Waals surface area contributed by atoms with Crippen molar-refractivity contribution in [2.45, 2.75) is 26.4 Å². The van der Waals surface area contributed by atoms with Crippen LogP contribution in [0.15, 0.2) is 53.3 Å². The third kappa shape index (κ3) is 3.94. The lowest BCUT2D eigenvalue weighted by Gasteiger charge is -2.37. The van der Waals surface area contributed by atoms with Crippen molar-refractivity contribution in [3.63, 3.8) is 0 Å². The zero-order valence-corrected chi connectivity index (χ0v) is 16.0. The van der Waals surface area contributed by atoms with Gasteiger partial charge in [0, 0.05) is 32.7 Å². The van der Waals surface area contributed by atoms with Gasteiger partial charge in [-0.15, -0.1) is 0 Å². The van der Waals surface area contributed by atoms with Crippen LogP contribution in [0.25, 0.3) is 10.9 Å². The molecule has 5 heteroatoms. The number of para-hydroxylation sites is 1. The van der Waals surface area contributed by atoms with E-state index < -0.39 is 0 Å². The smallest absolute Gasteiger partial charge is 0.258 e. The molecule has 0 radical (unpaired) electrons. The normalized spacial score (nSPS) is 17.3. The highest BCUT2D eigenvalue weighted by atomic mass is 16.1. The molecule has 2 aromatic carbocycles. The van der Waals surface area contributed by atoms with Gasteiger partial charge < -0.3 is 4.98 Å². The average Bonchev–Trinajstić information content (AvgIpc) is 2.68. The maximum Gasteiger partial charge on any atom is 0.258 e. The monoisotopic (exact) mass is 362 g/mol. The zero-order chi connectivity index (χ0) is 18.8. The lowest BCUT2D eigenvalue weighted by molar-refractivity contribution is 0.0948. The van der Waals surface area contributed by atoms with E-state index in [1.54, 1.807) is 0 Å². The maximum atomic E-state index is 12.3. The topological polar surface area (TPSA) is 52.2 Å². The molecule has 0 amide bonds. The van der Waals surface area contributed by atoms with Crippen molar-refractivity contribution in [2.75, 3.05) is 26.2 Å². The molecule has 3 aromatic rings. The molecule has 1 fully saturated rings. The van der Waals surface area contributed by atoms with E-state index in [0.29, 0.717) is 5.39 Å². The SMILES string of the molecule is Cc1cccc(CN2CCN([C@@H](C)c3nc4ccccc4c(=O)[nH]3)CC2)c1. The summed E-state index contributed by atoms with van der Waals surface area (Å²) in [5, 5.41) is 0.649. The molecule has 1 aliphatic rings. The molecule has 27 heavy (non-hydrogen) atoms. The molecule has 2 heterocycles. The van der Waals surface area contributed by atoms with Gasteiger partial charge in [-0.2, -0.15) is 0 Å². The molecule has 0 aliphatic carbocycles. The lowest BCUT2D eigenvalue weighted by atomic mass is 10.1. The Hall–Kier alpha value is -2.50. The number of benzene rings is 2. The van der Waals surface area contributed by atoms with Gasteiger partial charge in [0.2, 0.25) is 0 Å². The van der Waals surface area contributed by atoms with Gasteiger partial charge in [0.15, 0.2) is 0 Å². The Morgan fingerprint density at radius 1 is 1.07 bits per heavy atom. The molecular weight excluding hydrogens is 336 g/mol. The zero-order valence-electron chi connectivity index (χ0n) is 16.0. The fourth-order valence-corrected chi connectivity index (χ4v) is 3.85. The van der Waals surface area contributed by atoms with E-state index in [0.717, 1.165) is 44.1 Å². The van der Waals surface area contributed by atoms with Crippen LogP contribution in [0.1, 0.15) is 29.9 Å². The summed E-state index contributed by atoms with van der Waals surface area (Å²) in [5.74, 6) is 0.755. The number of hydrogen-bond acceptors (Lipinski definition) is 4. The van der Waals surface area contributed by atoms with Crippen molar-refractivity contribution in [1.29, 1.82) is 0 Å². The molecule has 1 aromatic heterocycles. The highest BCUT2D eigenvalue weighted by Gasteiger charge is 2.24. The first kappa shape index (κ1) is 17.9. The number of aromatic nitrogens is 2. The molecule has 1 N–H and O–H groups in total. The summed E-state index contributed by atoms with van der Waals surface area (Å²) in [6, 6.07) is 16.3. The minimum absolute atomic E-state index is 0.0551. The first-order valence-electron chi connectivity index (χ1n) is 9.61. The standard InChI is InChI=1S/C22H26N4O/c1-16-6-5-7-18(14-16)15-25-10-12-26(13-11-25)17(2)21-23-20-9-4-3-8-19(20)22(27)24-21/h3-9,14,17H,10-13,15H2,1-2H3,(H,23,24,27)/t17-/m0/s1. The Morgan fingerprint density at radius 3 is 2.63 bits per heavy atom. The van der Waals surface area contributed by atoms with Crippen LogP contribution in [0.2, 0.25) is 0 Å². The van der Waals surface area contributed by atoms with E-state index >= 15 is 0 Å². The molecule has 0 saturated carbocycles. The lowest BCUT2D eigenvalue weighted by Crippen LogP contribution is -2.47. The van der Waals surface area contributed by atoms with Gasteiger partial charge in [0.1, 0.15) is 5.82 Å². The quantitative estimate of drug-likeness (QED) is 0.775. The Bertz CT molecular complexity index is 989. The van der Waals surface area contributed by atoms with Crippen molar-refractivity contribution in [1.82, 2.24) is 19.8 Å². The van der Waals surface area contributed by atoms with Crippen LogP contribution in [0.3, 0.4) is 0 Å². The molecule has 0 unspecified atom stereocenters. The minimum Gasteiger partial charge on any atom is -0.309 e. The van der Waals surface area contributed by atoms with E-state index in [4.69, 9.17) is 4.98 Å². The van der Waals surface area contributed by atoms with Crippen molar-refractivity contribution in [3.05, 3.63) is 75.8 Å². The Balaban J connectivity index is 1.43. The summed E-state index contributed by atoms with van der Waals surface area (Å²) in [4.78, 5) is 24.9. The number of aryl methyl sites for hydroxylation is 1. The van der Waals surface area contributed by atoms with Crippen LogP contribution in [0.5, 0.6) is 0 Å². The third-order valence-corrected chi connectivity index (χ3v) is 5.47. The van der Waals surface area contributed by atoms with Crippen molar-refractivity contribution in [2.24, 2.45) is 0 Å². The Kier molecular flexibility index (Phi) is 5.05. The molecule has 1 saturated heterocycles. The largest absolute Gasteiger partial charge is 0.309 e. The number of aromatic amines is 1. The molecule has 1 atom stereocenters. The number of piperazine rings is 1. The summed E-state index contributed by atoms with van der Waals surface area (Å²) in [5.41, 5.74) is 3.39. The molecule has 0 bridgehead atoms. The van der Waals surface area contributed by atoms with Crippen LogP contribution in [-0.4, -0.2) is 45.9 Å². The minimum atomic E-state index is -0.0551. The highest BCUT2D eigenvalue weighted by Crippen LogP contribution is 2.20. The number of nitrogens with zero attached hydrogens (tertiary/aromatic N) is 3. The number of fused-ring (bicyclic) bond motifs is 1. The second-order valence-corrected chi connectivity index (χ2v) is 7.45. The van der Waals surface area contributed by atoms with Gasteiger partial charge in [-0.25, -0.2) is 4.98 Å². The fourth-order valence-electron chi connectivity index (χ4n) is 3.85. The number of rotatable bonds is 4. The first-order valence-corrected chi connectivity index (χ1v) is 9.61. The second kappa shape index (κ2) is 7.62. The molecule has 140 valence electrons. The van der Waals surface area contributed by atoms with E-state index in [2.05, 4.69) is 52.9 Å². The summed E-state index contributed by atoms with van der Waals surface area (Å²) in [7, 11) is 0. The van der Waals surface area contributed by atoms with Gasteiger partial charge in [0.05, 0.1) is 16.9 Å². The summed E-state index contributed by atoms with van der Waals surface area (Å²) >= 11 is 0. The van der Waals surface area contributed by atoms with Crippen molar-refractivity contribution < 1.29 is 0 Å². The highest BCUT2D eigenvalue weighted by molar-refractivity contribution is 5.77. The molecule has 5 nitrogen and oxygen atoms in total. The maximum absolute atomic E-state index is 12.3. The number of nitrogens with one attached hydrogen (secondary N) is 1. The van der Waals surface area contributed by atoms with E-state index in [1.165, 1.54) is 11.1 Å². The number of H-pyrrole nitrogens is 1. The molecule has 0 spiro atoms. The van der Waals surface area contributed by atoms with Crippen LogP contribution in [-0.2, 0) is 6.54 Å². The molecule has 4 rings (SSSR count). The summed E-state index contributed by atoms with van der Waals surface area (Å²) in [6.45, 7) is 9.26. The Labute approximate surface area is 159 Å². The predicted octanol–water partition coefficient (Wildman–Crippen LogP) is 3.11. The molecular formula is C22H26N4O. The summed E-state index contributed by atoms with van der Waals surface area (Å²) < 4.78 is 0. The third-order valence-electron chi connectivity index (χ3n) is 5.47. The van der Waals surface area contributed by atoms with Gasteiger partial charge in [-0.05, 0) is 31.5 Å². The van der Waals surface area contributed by atoms with Crippen molar-refractivity contribution >= 4 is 10.9 Å². The van der Waals surface area contributed by atoms with Crippen LogP contribution in [0, 0.1) is 6.92 Å². The van der Waals surface area contributed by atoms with Crippen LogP contribution >= 0.6 is 0 Å². The molecule has 1 aliphatic heterocycles. The number of hydrogen-bond donors (Lipinski definition) is 1. The van der Waals surface area contributed by atoms with Crippen LogP contribution < -0.4 is 5.56 Å². The van der Waals surface area contributed by atoms with Gasteiger partial charge in [0.25, 0.3) is 5.56 Å². The van der Waals surface area contributed by atoms with Gasteiger partial charge in [-0.1, -0.05) is 42.0 Å². The van der Waals surface area contributed by atoms with Gasteiger partial charge >= 0.3 is 0 Å². The van der Waals surface area contributed by atoms with E-state index in [1.807, 2.05) is 24.3 Å². The summed E-state index contributed by atoms with van der Waals surface area (Å²) in [6.07, 6.45) is 0. The fraction of sp³-hybridized carbons (Fsp3) is 0.364. The van der Waals surface area contributed by atoms with Gasteiger partial charge in [-0.3, -0.25) is 14.6 Å². The first-order chi connectivity index (χ1) is 13.1. The van der Waals surface area contributed by atoms with E-state index in [-0.39, 0.29) is 11.6 Å².